The lowest BCUT2D eigenvalue weighted by molar-refractivity contribution is -0.383. The van der Waals surface area contributed by atoms with E-state index in [0.29, 0.717) is 0 Å². The lowest BCUT2D eigenvalue weighted by Crippen LogP contribution is -2.23. The Kier molecular flexibility index (Phi) is 3.98. The number of anilines is 1. The van der Waals surface area contributed by atoms with Crippen molar-refractivity contribution >= 4 is 23.1 Å². The van der Waals surface area contributed by atoms with Crippen LogP contribution in [0.25, 0.3) is 0 Å². The Balaban J connectivity index is 3.18. The minimum absolute atomic E-state index is 0.0230. The number of nitrogen functional groups attached to an aromatic ring is 1. The van der Waals surface area contributed by atoms with Gasteiger partial charge in [0.2, 0.25) is 0 Å². The minimum Gasteiger partial charge on any atom is -0.481 e. The van der Waals surface area contributed by atoms with E-state index in [1.54, 1.807) is 6.92 Å². The van der Waals surface area contributed by atoms with Gasteiger partial charge in [0, 0.05) is 11.6 Å². The van der Waals surface area contributed by atoms with E-state index in [2.05, 4.69) is 0 Å². The number of carboxylic acid groups (broad SMARTS) is 1. The van der Waals surface area contributed by atoms with Crippen molar-refractivity contribution in [3.63, 3.8) is 0 Å². The maximum Gasteiger partial charge on any atom is 0.314 e. The molecule has 7 heteroatoms. The molecule has 0 saturated carbocycles. The average Bonchev–Trinajstić information content (AvgIpc) is 2.29. The highest BCUT2D eigenvalue weighted by molar-refractivity contribution is 6.08. The van der Waals surface area contributed by atoms with Gasteiger partial charge in [0.15, 0.2) is 5.78 Å². The molecule has 1 aromatic rings. The Labute approximate surface area is 102 Å². The molecule has 0 bridgehead atoms. The highest BCUT2D eigenvalue weighted by Crippen LogP contribution is 2.24. The van der Waals surface area contributed by atoms with Crippen molar-refractivity contribution in [3.05, 3.63) is 33.9 Å². The van der Waals surface area contributed by atoms with Gasteiger partial charge in [-0.1, -0.05) is 6.92 Å². The topological polar surface area (TPSA) is 124 Å². The molecule has 0 amide bonds. The fraction of sp³-hybridized carbons (Fsp3) is 0.273. The Morgan fingerprint density at radius 2 is 2.11 bits per heavy atom. The summed E-state index contributed by atoms with van der Waals surface area (Å²) in [5, 5.41) is 19.5. The van der Waals surface area contributed by atoms with Crippen molar-refractivity contribution in [2.75, 3.05) is 5.73 Å². The Morgan fingerprint density at radius 1 is 1.50 bits per heavy atom. The summed E-state index contributed by atoms with van der Waals surface area (Å²) in [4.78, 5) is 32.7. The number of hydrogen-bond donors (Lipinski definition) is 2. The highest BCUT2D eigenvalue weighted by Gasteiger charge is 2.27. The molecule has 0 aliphatic rings. The largest absolute Gasteiger partial charge is 0.481 e. The lowest BCUT2D eigenvalue weighted by atomic mass is 9.95. The SMILES string of the molecule is CCC(C(=O)O)C(=O)c1ccc(N)c([N+](=O)[O-])c1. The number of carboxylic acids is 1. The van der Waals surface area contributed by atoms with Crippen molar-refractivity contribution in [2.24, 2.45) is 5.92 Å². The standard InChI is InChI=1S/C11H12N2O5/c1-2-7(11(15)16)10(14)6-3-4-8(12)9(5-6)13(17)18/h3-5,7H,2,12H2,1H3,(H,15,16). The zero-order valence-electron chi connectivity index (χ0n) is 9.62. The Bertz CT molecular complexity index is 512. The van der Waals surface area contributed by atoms with Crippen molar-refractivity contribution in [3.8, 4) is 0 Å². The molecule has 7 nitrogen and oxygen atoms in total. The van der Waals surface area contributed by atoms with Crippen LogP contribution >= 0.6 is 0 Å². The number of Topliss-reactive ketones (excluding diaryl/α,β-unsaturated/α-hetero) is 1. The monoisotopic (exact) mass is 252 g/mol. The number of nitro groups is 1. The van der Waals surface area contributed by atoms with E-state index in [9.17, 15) is 19.7 Å². The average molecular weight is 252 g/mol. The third-order valence-corrected chi connectivity index (χ3v) is 2.53. The molecule has 0 heterocycles. The summed E-state index contributed by atoms with van der Waals surface area (Å²) in [6.45, 7) is 1.56. The molecule has 0 saturated heterocycles. The zero-order chi connectivity index (χ0) is 13.9. The number of nitrogens with zero attached hydrogens (tertiary/aromatic N) is 1. The molecule has 0 aromatic heterocycles. The molecular weight excluding hydrogens is 240 g/mol. The molecular formula is C11H12N2O5. The summed E-state index contributed by atoms with van der Waals surface area (Å²) in [5.74, 6) is -3.11. The summed E-state index contributed by atoms with van der Waals surface area (Å²) in [6.07, 6.45) is 0.117. The van der Waals surface area contributed by atoms with Gasteiger partial charge in [-0.3, -0.25) is 19.7 Å². The fourth-order valence-electron chi connectivity index (χ4n) is 1.53. The number of carbonyl (C=O) groups excluding carboxylic acids is 1. The van der Waals surface area contributed by atoms with Gasteiger partial charge in [0.1, 0.15) is 11.6 Å². The number of rotatable bonds is 5. The summed E-state index contributed by atoms with van der Waals surface area (Å²) in [7, 11) is 0. The molecule has 0 spiro atoms. The van der Waals surface area contributed by atoms with Crippen LogP contribution in [-0.4, -0.2) is 21.8 Å². The third kappa shape index (κ3) is 2.62. The normalized spacial score (nSPS) is 11.8. The van der Waals surface area contributed by atoms with Crippen molar-refractivity contribution < 1.29 is 19.6 Å². The van der Waals surface area contributed by atoms with E-state index in [-0.39, 0.29) is 17.7 Å². The highest BCUT2D eigenvalue weighted by atomic mass is 16.6. The number of carbonyl (C=O) groups is 2. The quantitative estimate of drug-likeness (QED) is 0.269. The first kappa shape index (κ1) is 13.6. The van der Waals surface area contributed by atoms with Gasteiger partial charge >= 0.3 is 5.97 Å². The van der Waals surface area contributed by atoms with Gasteiger partial charge in [0.25, 0.3) is 5.69 Å². The summed E-state index contributed by atoms with van der Waals surface area (Å²) in [6, 6.07) is 3.51. The summed E-state index contributed by atoms with van der Waals surface area (Å²) >= 11 is 0. The van der Waals surface area contributed by atoms with E-state index in [1.165, 1.54) is 12.1 Å². The van der Waals surface area contributed by atoms with Gasteiger partial charge in [-0.05, 0) is 18.6 Å². The molecule has 18 heavy (non-hydrogen) atoms. The smallest absolute Gasteiger partial charge is 0.314 e. The van der Waals surface area contributed by atoms with Crippen LogP contribution in [0.15, 0.2) is 18.2 Å². The summed E-state index contributed by atoms with van der Waals surface area (Å²) < 4.78 is 0. The van der Waals surface area contributed by atoms with Crippen LogP contribution < -0.4 is 5.73 Å². The first-order valence-electron chi connectivity index (χ1n) is 5.19. The second-order valence-corrected chi connectivity index (χ2v) is 3.69. The molecule has 0 aliphatic carbocycles. The minimum atomic E-state index is -1.25. The zero-order valence-corrected chi connectivity index (χ0v) is 9.62. The summed E-state index contributed by atoms with van der Waals surface area (Å²) in [5.41, 5.74) is 4.90. The molecule has 1 rings (SSSR count). The van der Waals surface area contributed by atoms with Crippen LogP contribution in [0.2, 0.25) is 0 Å². The Morgan fingerprint density at radius 3 is 2.56 bits per heavy atom. The van der Waals surface area contributed by atoms with Gasteiger partial charge in [0.05, 0.1) is 4.92 Å². The van der Waals surface area contributed by atoms with Crippen molar-refractivity contribution in [2.45, 2.75) is 13.3 Å². The molecule has 96 valence electrons. The first-order chi connectivity index (χ1) is 8.38. The second kappa shape index (κ2) is 5.26. The van der Waals surface area contributed by atoms with Crippen LogP contribution in [0.3, 0.4) is 0 Å². The van der Waals surface area contributed by atoms with E-state index >= 15 is 0 Å². The Hall–Kier alpha value is -2.44. The van der Waals surface area contributed by atoms with Crippen LogP contribution in [0.1, 0.15) is 23.7 Å². The third-order valence-electron chi connectivity index (χ3n) is 2.53. The molecule has 0 radical (unpaired) electrons. The van der Waals surface area contributed by atoms with Crippen molar-refractivity contribution in [1.29, 1.82) is 0 Å². The molecule has 1 unspecified atom stereocenters. The molecule has 3 N–H and O–H groups in total. The van der Waals surface area contributed by atoms with Crippen molar-refractivity contribution in [1.82, 2.24) is 0 Å². The van der Waals surface area contributed by atoms with Crippen LogP contribution in [0.4, 0.5) is 11.4 Å². The van der Waals surface area contributed by atoms with Gasteiger partial charge in [-0.2, -0.15) is 0 Å². The molecule has 1 atom stereocenters. The van der Waals surface area contributed by atoms with Gasteiger partial charge < -0.3 is 10.8 Å². The van der Waals surface area contributed by atoms with Crippen LogP contribution in [0.5, 0.6) is 0 Å². The number of nitrogens with two attached hydrogens (primary N) is 1. The maximum absolute atomic E-state index is 11.9. The van der Waals surface area contributed by atoms with E-state index < -0.39 is 28.3 Å². The second-order valence-electron chi connectivity index (χ2n) is 3.69. The van der Waals surface area contributed by atoms with Gasteiger partial charge in [-0.15, -0.1) is 0 Å². The number of hydrogen-bond acceptors (Lipinski definition) is 5. The number of nitro benzene ring substituents is 1. The van der Waals surface area contributed by atoms with Crippen LogP contribution in [-0.2, 0) is 4.79 Å². The van der Waals surface area contributed by atoms with E-state index in [4.69, 9.17) is 10.8 Å². The molecule has 1 aromatic carbocycles. The molecule has 0 fully saturated rings. The van der Waals surface area contributed by atoms with E-state index in [1.807, 2.05) is 0 Å². The first-order valence-corrected chi connectivity index (χ1v) is 5.19. The predicted octanol–water partition coefficient (Wildman–Crippen LogP) is 1.47. The van der Waals surface area contributed by atoms with Crippen LogP contribution in [0, 0.1) is 16.0 Å². The number of benzene rings is 1. The number of aliphatic carboxylic acids is 1. The van der Waals surface area contributed by atoms with E-state index in [0.717, 1.165) is 6.07 Å². The lowest BCUT2D eigenvalue weighted by Gasteiger charge is -2.08. The fourth-order valence-corrected chi connectivity index (χ4v) is 1.53. The molecule has 0 aliphatic heterocycles. The number of ketones is 1. The predicted molar refractivity (Wildman–Crippen MR) is 63.3 cm³/mol. The maximum atomic E-state index is 11.9. The van der Waals surface area contributed by atoms with Gasteiger partial charge in [-0.25, -0.2) is 0 Å².